The van der Waals surface area contributed by atoms with E-state index in [0.717, 1.165) is 6.07 Å². The van der Waals surface area contributed by atoms with Gasteiger partial charge < -0.3 is 21.5 Å². The van der Waals surface area contributed by atoms with Gasteiger partial charge in [0.1, 0.15) is 11.4 Å². The number of rotatable bonds is 5. The maximum Gasteiger partial charge on any atom is 0.296 e. The normalized spacial score (nSPS) is 9.74. The molecule has 9 nitrogen and oxygen atoms in total. The number of phenolic OH excluding ortho intramolecular Hbond substituents is 1. The monoisotopic (exact) mass is 268 g/mol. The highest BCUT2D eigenvalue weighted by Crippen LogP contribution is 2.28. The van der Waals surface area contributed by atoms with Crippen LogP contribution in [-0.2, 0) is 9.59 Å². The van der Waals surface area contributed by atoms with Crippen LogP contribution < -0.4 is 16.4 Å². The van der Waals surface area contributed by atoms with Gasteiger partial charge in [0.25, 0.3) is 5.69 Å². The van der Waals surface area contributed by atoms with Crippen molar-refractivity contribution in [1.29, 1.82) is 0 Å². The molecule has 0 radical (unpaired) electrons. The molecule has 0 heterocycles. The van der Waals surface area contributed by atoms with E-state index in [2.05, 4.69) is 10.6 Å². The van der Waals surface area contributed by atoms with E-state index in [1.807, 2.05) is 0 Å². The van der Waals surface area contributed by atoms with Crippen LogP contribution in [0.3, 0.4) is 0 Å². The van der Waals surface area contributed by atoms with E-state index in [1.54, 1.807) is 0 Å². The summed E-state index contributed by atoms with van der Waals surface area (Å²) >= 11 is 0. The number of hydrogen-bond acceptors (Lipinski definition) is 6. The number of amides is 2. The molecule has 0 fully saturated rings. The molecule has 0 unspecified atom stereocenters. The van der Waals surface area contributed by atoms with Crippen molar-refractivity contribution in [3.05, 3.63) is 28.3 Å². The number of nitro groups is 1. The van der Waals surface area contributed by atoms with E-state index in [1.165, 1.54) is 12.1 Å². The van der Waals surface area contributed by atoms with Crippen LogP contribution in [0, 0.1) is 10.1 Å². The van der Waals surface area contributed by atoms with Crippen LogP contribution >= 0.6 is 0 Å². The van der Waals surface area contributed by atoms with Crippen molar-refractivity contribution in [3.63, 3.8) is 0 Å². The van der Waals surface area contributed by atoms with Crippen molar-refractivity contribution in [2.45, 2.75) is 0 Å². The molecule has 102 valence electrons. The van der Waals surface area contributed by atoms with Crippen molar-refractivity contribution >= 4 is 23.2 Å². The second kappa shape index (κ2) is 6.31. The fourth-order valence-electron chi connectivity index (χ4n) is 1.22. The fourth-order valence-corrected chi connectivity index (χ4v) is 1.22. The third kappa shape index (κ3) is 4.24. The van der Waals surface area contributed by atoms with Gasteiger partial charge in [-0.2, -0.15) is 0 Å². The molecule has 19 heavy (non-hydrogen) atoms. The third-order valence-electron chi connectivity index (χ3n) is 2.08. The Labute approximate surface area is 107 Å². The lowest BCUT2D eigenvalue weighted by Gasteiger charge is -2.07. The van der Waals surface area contributed by atoms with Crippen LogP contribution in [0.25, 0.3) is 0 Å². The highest BCUT2D eigenvalue weighted by molar-refractivity contribution is 5.96. The van der Waals surface area contributed by atoms with Crippen LogP contribution in [0.2, 0.25) is 0 Å². The summed E-state index contributed by atoms with van der Waals surface area (Å²) in [4.78, 5) is 32.3. The molecular formula is C10H12N4O5. The Morgan fingerprint density at radius 3 is 2.63 bits per heavy atom. The summed E-state index contributed by atoms with van der Waals surface area (Å²) in [6.45, 7) is -0.610. The van der Waals surface area contributed by atoms with Gasteiger partial charge in [-0.05, 0) is 12.1 Å². The summed E-state index contributed by atoms with van der Waals surface area (Å²) in [6.07, 6.45) is 0. The molecule has 0 aromatic heterocycles. The van der Waals surface area contributed by atoms with Crippen molar-refractivity contribution in [1.82, 2.24) is 5.32 Å². The number of anilines is 1. The van der Waals surface area contributed by atoms with E-state index >= 15 is 0 Å². The quantitative estimate of drug-likeness (QED) is 0.316. The Balaban J connectivity index is 2.74. The highest BCUT2D eigenvalue weighted by atomic mass is 16.6. The lowest BCUT2D eigenvalue weighted by Crippen LogP contribution is -2.36. The Morgan fingerprint density at radius 2 is 2.05 bits per heavy atom. The maximum atomic E-state index is 11.4. The first kappa shape index (κ1) is 14.4. The molecule has 0 bridgehead atoms. The van der Waals surface area contributed by atoms with Crippen LogP contribution in [-0.4, -0.2) is 34.9 Å². The number of carbonyl (C=O) groups excluding carboxylic acids is 2. The van der Waals surface area contributed by atoms with Gasteiger partial charge in [0.15, 0.2) is 0 Å². The second-order valence-electron chi connectivity index (χ2n) is 3.49. The Hall–Kier alpha value is -2.68. The first-order valence-corrected chi connectivity index (χ1v) is 5.18. The van der Waals surface area contributed by atoms with E-state index in [4.69, 9.17) is 10.8 Å². The molecule has 0 aliphatic rings. The number of phenols is 1. The Bertz CT molecular complexity index is 517. The van der Waals surface area contributed by atoms with Gasteiger partial charge in [0, 0.05) is 0 Å². The van der Waals surface area contributed by atoms with Crippen molar-refractivity contribution in [3.8, 4) is 5.75 Å². The standard InChI is InChI=1S/C10H12N4O5/c11-4-9(16)12-5-10(17)13-7-2-1-6(15)3-8(7)14(18)19/h1-3,15H,4-5,11H2,(H,12,16)(H,13,17). The fraction of sp³-hybridized carbons (Fsp3) is 0.200. The minimum absolute atomic E-state index is 0.0743. The van der Waals surface area contributed by atoms with Crippen molar-refractivity contribution in [2.75, 3.05) is 18.4 Å². The molecular weight excluding hydrogens is 256 g/mol. The van der Waals surface area contributed by atoms with E-state index in [0.29, 0.717) is 0 Å². The summed E-state index contributed by atoms with van der Waals surface area (Å²) in [5.41, 5.74) is 4.51. The maximum absolute atomic E-state index is 11.4. The van der Waals surface area contributed by atoms with Crippen LogP contribution in [0.1, 0.15) is 0 Å². The summed E-state index contributed by atoms with van der Waals surface area (Å²) in [5.74, 6) is -1.45. The Kier molecular flexibility index (Phi) is 4.77. The van der Waals surface area contributed by atoms with Gasteiger partial charge >= 0.3 is 0 Å². The second-order valence-corrected chi connectivity index (χ2v) is 3.49. The molecule has 0 saturated carbocycles. The minimum Gasteiger partial charge on any atom is -0.508 e. The number of benzene rings is 1. The van der Waals surface area contributed by atoms with Gasteiger partial charge in [0.2, 0.25) is 11.8 Å². The molecule has 1 rings (SSSR count). The number of nitro benzene ring substituents is 1. The number of nitrogens with two attached hydrogens (primary N) is 1. The van der Waals surface area contributed by atoms with Crippen LogP contribution in [0.15, 0.2) is 18.2 Å². The largest absolute Gasteiger partial charge is 0.508 e. The Morgan fingerprint density at radius 1 is 1.37 bits per heavy atom. The lowest BCUT2D eigenvalue weighted by atomic mass is 10.2. The number of nitrogens with one attached hydrogen (secondary N) is 2. The predicted octanol–water partition coefficient (Wildman–Crippen LogP) is -0.686. The van der Waals surface area contributed by atoms with Gasteiger partial charge in [-0.3, -0.25) is 19.7 Å². The topological polar surface area (TPSA) is 148 Å². The molecule has 1 aromatic carbocycles. The third-order valence-corrected chi connectivity index (χ3v) is 2.08. The molecule has 0 spiro atoms. The molecule has 5 N–H and O–H groups in total. The zero-order valence-electron chi connectivity index (χ0n) is 9.75. The van der Waals surface area contributed by atoms with Crippen molar-refractivity contribution < 1.29 is 19.6 Å². The average molecular weight is 268 g/mol. The first-order valence-electron chi connectivity index (χ1n) is 5.18. The number of carbonyl (C=O) groups is 2. The summed E-state index contributed by atoms with van der Waals surface area (Å²) < 4.78 is 0. The molecule has 2 amide bonds. The number of nitrogens with zero attached hydrogens (tertiary/aromatic N) is 1. The molecule has 1 aromatic rings. The van der Waals surface area contributed by atoms with Crippen LogP contribution in [0.5, 0.6) is 5.75 Å². The van der Waals surface area contributed by atoms with Gasteiger partial charge in [-0.25, -0.2) is 0 Å². The van der Waals surface area contributed by atoms with Crippen molar-refractivity contribution in [2.24, 2.45) is 5.73 Å². The first-order chi connectivity index (χ1) is 8.93. The van der Waals surface area contributed by atoms with E-state index in [9.17, 15) is 19.7 Å². The molecule has 0 aliphatic heterocycles. The summed E-state index contributed by atoms with van der Waals surface area (Å²) in [5, 5.41) is 24.3. The zero-order valence-corrected chi connectivity index (χ0v) is 9.75. The molecule has 0 aliphatic carbocycles. The average Bonchev–Trinajstić information content (AvgIpc) is 2.37. The summed E-state index contributed by atoms with van der Waals surface area (Å²) in [7, 11) is 0. The van der Waals surface area contributed by atoms with Gasteiger partial charge in [-0.1, -0.05) is 0 Å². The van der Waals surface area contributed by atoms with Gasteiger partial charge in [0.05, 0.1) is 24.1 Å². The number of hydrogen-bond donors (Lipinski definition) is 4. The minimum atomic E-state index is -0.742. The SMILES string of the molecule is NCC(=O)NCC(=O)Nc1ccc(O)cc1[N+](=O)[O-]. The molecule has 0 atom stereocenters. The number of aromatic hydroxyl groups is 1. The van der Waals surface area contributed by atoms with E-state index < -0.39 is 22.4 Å². The predicted molar refractivity (Wildman–Crippen MR) is 65.5 cm³/mol. The lowest BCUT2D eigenvalue weighted by molar-refractivity contribution is -0.384. The van der Waals surface area contributed by atoms with Crippen LogP contribution in [0.4, 0.5) is 11.4 Å². The van der Waals surface area contributed by atoms with E-state index in [-0.39, 0.29) is 24.5 Å². The zero-order chi connectivity index (χ0) is 14.4. The molecule has 0 saturated heterocycles. The summed E-state index contributed by atoms with van der Waals surface area (Å²) in [6, 6.07) is 3.30. The highest BCUT2D eigenvalue weighted by Gasteiger charge is 2.16. The smallest absolute Gasteiger partial charge is 0.296 e. The molecule has 9 heteroatoms. The van der Waals surface area contributed by atoms with Gasteiger partial charge in [-0.15, -0.1) is 0 Å².